The van der Waals surface area contributed by atoms with Gasteiger partial charge in [-0.05, 0) is 30.7 Å². The quantitative estimate of drug-likeness (QED) is 0.334. The van der Waals surface area contributed by atoms with Crippen LogP contribution in [-0.2, 0) is 34.0 Å². The van der Waals surface area contributed by atoms with Gasteiger partial charge in [0.15, 0.2) is 0 Å². The first kappa shape index (κ1) is 29.6. The molecule has 1 aliphatic heterocycles. The third-order valence-corrected chi connectivity index (χ3v) is 7.00. The summed E-state index contributed by atoms with van der Waals surface area (Å²) in [5, 5.41) is 2.85. The molecule has 0 radical (unpaired) electrons. The van der Waals surface area contributed by atoms with Crippen LogP contribution in [-0.4, -0.2) is 66.8 Å². The predicted molar refractivity (Wildman–Crippen MR) is 156 cm³/mol. The molecule has 9 nitrogen and oxygen atoms in total. The van der Waals surface area contributed by atoms with Crippen molar-refractivity contribution in [2.45, 2.75) is 38.5 Å². The molecule has 3 amide bonds. The van der Waals surface area contributed by atoms with Crippen molar-refractivity contribution in [3.8, 4) is 11.5 Å². The molecule has 0 bridgehead atoms. The average molecular weight is 559 g/mol. The van der Waals surface area contributed by atoms with Crippen LogP contribution in [0.3, 0.4) is 0 Å². The highest BCUT2D eigenvalue weighted by molar-refractivity contribution is 5.89. The van der Waals surface area contributed by atoms with Crippen molar-refractivity contribution in [1.29, 1.82) is 0 Å². The maximum atomic E-state index is 13.3. The Balaban J connectivity index is 1.46. The van der Waals surface area contributed by atoms with Crippen molar-refractivity contribution in [3.05, 3.63) is 95.6 Å². The van der Waals surface area contributed by atoms with Crippen molar-refractivity contribution in [2.24, 2.45) is 5.73 Å². The molecule has 0 aliphatic carbocycles. The van der Waals surface area contributed by atoms with Gasteiger partial charge in [0.2, 0.25) is 17.7 Å². The summed E-state index contributed by atoms with van der Waals surface area (Å²) < 4.78 is 12.1. The van der Waals surface area contributed by atoms with Gasteiger partial charge in [-0.15, -0.1) is 0 Å². The number of carbonyl (C=O) groups is 3. The fourth-order valence-corrected chi connectivity index (χ4v) is 4.59. The van der Waals surface area contributed by atoms with E-state index in [4.69, 9.17) is 15.2 Å². The molecule has 1 heterocycles. The van der Waals surface area contributed by atoms with Crippen molar-refractivity contribution in [1.82, 2.24) is 15.1 Å². The summed E-state index contributed by atoms with van der Waals surface area (Å²) in [6.45, 7) is 3.36. The van der Waals surface area contributed by atoms with Crippen LogP contribution in [0.25, 0.3) is 0 Å². The van der Waals surface area contributed by atoms with Crippen LogP contribution in [0.2, 0.25) is 0 Å². The molecule has 0 aromatic heterocycles. The lowest BCUT2D eigenvalue weighted by atomic mass is 10.1. The van der Waals surface area contributed by atoms with E-state index in [0.717, 1.165) is 24.2 Å². The number of nitrogens with zero attached hydrogens (tertiary/aromatic N) is 2. The number of amides is 3. The van der Waals surface area contributed by atoms with Gasteiger partial charge in [-0.25, -0.2) is 0 Å². The normalized spacial score (nSPS) is 14.2. The second-order valence-corrected chi connectivity index (χ2v) is 10.2. The second kappa shape index (κ2) is 14.9. The molecular weight excluding hydrogens is 520 g/mol. The van der Waals surface area contributed by atoms with E-state index >= 15 is 0 Å². The number of rotatable bonds is 13. The zero-order chi connectivity index (χ0) is 29.0. The molecule has 216 valence electrons. The van der Waals surface area contributed by atoms with Crippen LogP contribution in [0.5, 0.6) is 11.5 Å². The number of benzene rings is 3. The van der Waals surface area contributed by atoms with E-state index in [1.807, 2.05) is 67.7 Å². The van der Waals surface area contributed by atoms with Gasteiger partial charge in [0, 0.05) is 44.2 Å². The molecule has 0 unspecified atom stereocenters. The molecule has 0 saturated carbocycles. The van der Waals surface area contributed by atoms with Crippen LogP contribution >= 0.6 is 0 Å². The van der Waals surface area contributed by atoms with Gasteiger partial charge in [-0.3, -0.25) is 14.4 Å². The average Bonchev–Trinajstić information content (AvgIpc) is 2.99. The van der Waals surface area contributed by atoms with Gasteiger partial charge < -0.3 is 30.3 Å². The Morgan fingerprint density at radius 2 is 1.46 bits per heavy atom. The maximum absolute atomic E-state index is 13.3. The van der Waals surface area contributed by atoms with Crippen molar-refractivity contribution >= 4 is 17.7 Å². The zero-order valence-electron chi connectivity index (χ0n) is 23.5. The standard InChI is InChI=1S/C32H38N4O5/c1-35-16-18-36(19-17-35)32(39)28(14-15-30(33)37)34-31(38)20-26-12-13-27(40-22-24-8-4-2-5-9-24)21-29(26)41-23-25-10-6-3-7-11-25/h2-13,21,28H,14-20,22-23H2,1H3,(H2,33,37)(H,34,38)/t28-/m0/s1. The molecule has 4 rings (SSSR count). The molecule has 1 atom stereocenters. The largest absolute Gasteiger partial charge is 0.489 e. The van der Waals surface area contributed by atoms with E-state index in [1.165, 1.54) is 0 Å². The molecule has 1 saturated heterocycles. The van der Waals surface area contributed by atoms with Gasteiger partial charge in [-0.2, -0.15) is 0 Å². The number of carbonyl (C=O) groups excluding carboxylic acids is 3. The summed E-state index contributed by atoms with van der Waals surface area (Å²) in [7, 11) is 2.00. The highest BCUT2D eigenvalue weighted by atomic mass is 16.5. The molecule has 3 N–H and O–H groups in total. The minimum atomic E-state index is -0.833. The number of nitrogens with two attached hydrogens (primary N) is 1. The smallest absolute Gasteiger partial charge is 0.245 e. The number of hydrogen-bond donors (Lipinski definition) is 2. The summed E-state index contributed by atoms with van der Waals surface area (Å²) in [6, 6.07) is 24.2. The van der Waals surface area contributed by atoms with Crippen LogP contribution in [0, 0.1) is 0 Å². The highest BCUT2D eigenvalue weighted by Gasteiger charge is 2.28. The summed E-state index contributed by atoms with van der Waals surface area (Å²) in [4.78, 5) is 41.9. The SMILES string of the molecule is CN1CCN(C(=O)[C@H](CCC(N)=O)NC(=O)Cc2ccc(OCc3ccccc3)cc2OCc2ccccc2)CC1. The third-order valence-electron chi connectivity index (χ3n) is 7.00. The molecule has 9 heteroatoms. The lowest BCUT2D eigenvalue weighted by molar-refractivity contribution is -0.138. The monoisotopic (exact) mass is 558 g/mol. The number of ether oxygens (including phenoxy) is 2. The van der Waals surface area contributed by atoms with E-state index in [-0.39, 0.29) is 31.1 Å². The fourth-order valence-electron chi connectivity index (χ4n) is 4.59. The molecule has 3 aromatic rings. The Bertz CT molecular complexity index is 1290. The first-order valence-electron chi connectivity index (χ1n) is 13.9. The summed E-state index contributed by atoms with van der Waals surface area (Å²) in [6.07, 6.45) is 0.144. The Kier molecular flexibility index (Phi) is 10.7. The molecule has 41 heavy (non-hydrogen) atoms. The topological polar surface area (TPSA) is 114 Å². The summed E-state index contributed by atoms with van der Waals surface area (Å²) in [5.41, 5.74) is 8.04. The van der Waals surface area contributed by atoms with E-state index in [1.54, 1.807) is 23.1 Å². The van der Waals surface area contributed by atoms with Gasteiger partial charge >= 0.3 is 0 Å². The number of primary amides is 1. The Morgan fingerprint density at radius 1 is 0.854 bits per heavy atom. The summed E-state index contributed by atoms with van der Waals surface area (Å²) in [5.74, 6) is 0.0831. The number of nitrogens with one attached hydrogen (secondary N) is 1. The Hall–Kier alpha value is -4.37. The lowest BCUT2D eigenvalue weighted by Gasteiger charge is -2.34. The van der Waals surface area contributed by atoms with Gasteiger partial charge in [0.25, 0.3) is 0 Å². The van der Waals surface area contributed by atoms with Crippen molar-refractivity contribution < 1.29 is 23.9 Å². The minimum Gasteiger partial charge on any atom is -0.489 e. The number of piperazine rings is 1. The zero-order valence-corrected chi connectivity index (χ0v) is 23.5. The Labute approximate surface area is 241 Å². The van der Waals surface area contributed by atoms with Gasteiger partial charge in [-0.1, -0.05) is 66.7 Å². The van der Waals surface area contributed by atoms with E-state index in [9.17, 15) is 14.4 Å². The minimum absolute atomic E-state index is 0.00329. The van der Waals surface area contributed by atoms with Crippen LogP contribution in [0.1, 0.15) is 29.5 Å². The van der Waals surface area contributed by atoms with E-state index in [2.05, 4.69) is 10.2 Å². The molecular formula is C32H38N4O5. The van der Waals surface area contributed by atoms with Crippen molar-refractivity contribution in [2.75, 3.05) is 33.2 Å². The first-order valence-corrected chi connectivity index (χ1v) is 13.9. The maximum Gasteiger partial charge on any atom is 0.245 e. The number of hydrogen-bond acceptors (Lipinski definition) is 6. The number of likely N-dealkylation sites (N-methyl/N-ethyl adjacent to an activating group) is 1. The van der Waals surface area contributed by atoms with E-state index in [0.29, 0.717) is 43.4 Å². The van der Waals surface area contributed by atoms with Crippen LogP contribution < -0.4 is 20.5 Å². The highest BCUT2D eigenvalue weighted by Crippen LogP contribution is 2.27. The van der Waals surface area contributed by atoms with Crippen molar-refractivity contribution in [3.63, 3.8) is 0 Å². The molecule has 1 aliphatic rings. The first-order chi connectivity index (χ1) is 19.9. The Morgan fingerprint density at radius 3 is 2.07 bits per heavy atom. The molecule has 1 fully saturated rings. The van der Waals surface area contributed by atoms with Crippen LogP contribution in [0.4, 0.5) is 0 Å². The molecule has 3 aromatic carbocycles. The third kappa shape index (κ3) is 9.36. The van der Waals surface area contributed by atoms with E-state index < -0.39 is 11.9 Å². The summed E-state index contributed by atoms with van der Waals surface area (Å²) >= 11 is 0. The van der Waals surface area contributed by atoms with Crippen LogP contribution in [0.15, 0.2) is 78.9 Å². The second-order valence-electron chi connectivity index (χ2n) is 10.2. The fraction of sp³-hybridized carbons (Fsp3) is 0.344. The van der Waals surface area contributed by atoms with Gasteiger partial charge in [0.1, 0.15) is 30.8 Å². The lowest BCUT2D eigenvalue weighted by Crippen LogP contribution is -2.54. The van der Waals surface area contributed by atoms with Gasteiger partial charge in [0.05, 0.1) is 6.42 Å². The molecule has 0 spiro atoms. The predicted octanol–water partition coefficient (Wildman–Crippen LogP) is 2.91.